The van der Waals surface area contributed by atoms with Gasteiger partial charge in [-0.3, -0.25) is 29.5 Å². The van der Waals surface area contributed by atoms with Crippen LogP contribution in [0.4, 0.5) is 11.6 Å². The second-order valence-electron chi connectivity index (χ2n) is 12.2. The molecule has 1 amide bonds. The average Bonchev–Trinajstić information content (AvgIpc) is 3.15. The molecule has 15 heteroatoms. The van der Waals surface area contributed by atoms with Crippen molar-refractivity contribution < 1.29 is 23.8 Å². The molecule has 0 fully saturated rings. The van der Waals surface area contributed by atoms with E-state index in [4.69, 9.17) is 38.4 Å². The first kappa shape index (κ1) is 41.6. The third-order valence-electron chi connectivity index (χ3n) is 7.19. The lowest BCUT2D eigenvalue weighted by atomic mass is 10.1. The fraction of sp³-hybridized carbons (Fsp3) is 0.200. The maximum Gasteiger partial charge on any atom is 0.298 e. The van der Waals surface area contributed by atoms with Gasteiger partial charge in [0.15, 0.2) is 11.6 Å². The van der Waals surface area contributed by atoms with Crippen LogP contribution in [0.1, 0.15) is 49.2 Å². The van der Waals surface area contributed by atoms with Crippen LogP contribution in [-0.2, 0) is 4.79 Å². The van der Waals surface area contributed by atoms with Crippen LogP contribution in [0.25, 0.3) is 22.5 Å². The molecular formula is C40H40Cl2N8O5. The van der Waals surface area contributed by atoms with Crippen LogP contribution < -0.4 is 25.3 Å². The standard InChI is InChI=1S/C20H19ClN4O2.C13H14ClN3O.C7H7NO2/c1-12(2)27-14-4-5-17(21)15(8-14)18-10-24-19(11-23-18)25-20(26)16-9-22-7-6-13(16)3;1-8(2)18-9-3-4-11(14)10(5-9)12-6-17-13(15)7-16-12;1-6-2-3-8-4-7(6)10-5-9/h4-12H,1-3H3,(H,24,25,26);3-8H,1-2H3,(H2,15,17);2-5H,1H3. The summed E-state index contributed by atoms with van der Waals surface area (Å²) in [4.78, 5) is 46.8. The molecule has 55 heavy (non-hydrogen) atoms. The van der Waals surface area contributed by atoms with Crippen molar-refractivity contribution in [2.24, 2.45) is 0 Å². The molecule has 3 N–H and O–H groups in total. The quantitative estimate of drug-likeness (QED) is 0.127. The summed E-state index contributed by atoms with van der Waals surface area (Å²) in [5.74, 6) is 2.41. The monoisotopic (exact) mass is 782 g/mol. The van der Waals surface area contributed by atoms with E-state index in [1.807, 2.05) is 65.8 Å². The number of anilines is 2. The third kappa shape index (κ3) is 12.7. The Kier molecular flexibility index (Phi) is 15.4. The number of amides is 1. The van der Waals surface area contributed by atoms with Crippen molar-refractivity contribution in [1.82, 2.24) is 29.9 Å². The summed E-state index contributed by atoms with van der Waals surface area (Å²) in [5.41, 5.74) is 10.5. The number of nitrogens with two attached hydrogens (primary N) is 1. The third-order valence-corrected chi connectivity index (χ3v) is 7.85. The van der Waals surface area contributed by atoms with E-state index < -0.39 is 0 Å². The number of aromatic nitrogens is 6. The van der Waals surface area contributed by atoms with Gasteiger partial charge in [0.05, 0.1) is 70.2 Å². The number of hydrogen-bond donors (Lipinski definition) is 2. The summed E-state index contributed by atoms with van der Waals surface area (Å²) in [6, 6.07) is 14.4. The number of carbonyl (C=O) groups is 2. The van der Waals surface area contributed by atoms with E-state index in [-0.39, 0.29) is 18.1 Å². The van der Waals surface area contributed by atoms with Gasteiger partial charge in [0, 0.05) is 29.7 Å². The largest absolute Gasteiger partial charge is 0.491 e. The van der Waals surface area contributed by atoms with Crippen molar-refractivity contribution >= 4 is 47.2 Å². The summed E-state index contributed by atoms with van der Waals surface area (Å²) >= 11 is 12.4. The van der Waals surface area contributed by atoms with Crippen molar-refractivity contribution in [3.05, 3.63) is 125 Å². The number of pyridine rings is 2. The smallest absolute Gasteiger partial charge is 0.298 e. The van der Waals surface area contributed by atoms with E-state index in [1.165, 1.54) is 24.8 Å². The Morgan fingerprint density at radius 1 is 0.709 bits per heavy atom. The Bertz CT molecular complexity index is 2190. The number of benzene rings is 2. The molecule has 0 aliphatic rings. The van der Waals surface area contributed by atoms with Gasteiger partial charge in [0.1, 0.15) is 17.3 Å². The maximum atomic E-state index is 12.3. The number of aryl methyl sites for hydroxylation is 2. The molecule has 0 saturated heterocycles. The Morgan fingerprint density at radius 2 is 1.25 bits per heavy atom. The van der Waals surface area contributed by atoms with Crippen LogP contribution in [0.5, 0.6) is 17.2 Å². The zero-order valence-electron chi connectivity index (χ0n) is 31.0. The lowest BCUT2D eigenvalue weighted by Gasteiger charge is -2.12. The summed E-state index contributed by atoms with van der Waals surface area (Å²) in [6.07, 6.45) is 12.6. The molecule has 4 heterocycles. The number of halogens is 2. The Hall–Kier alpha value is -6.18. The van der Waals surface area contributed by atoms with E-state index in [1.54, 1.807) is 49.1 Å². The molecule has 0 aliphatic carbocycles. The van der Waals surface area contributed by atoms with Crippen molar-refractivity contribution in [2.75, 3.05) is 11.1 Å². The number of nitrogen functional groups attached to an aromatic ring is 1. The first-order valence-corrected chi connectivity index (χ1v) is 17.7. The summed E-state index contributed by atoms with van der Waals surface area (Å²) in [6.45, 7) is 11.9. The fourth-order valence-electron chi connectivity index (χ4n) is 4.61. The normalized spacial score (nSPS) is 10.4. The highest BCUT2D eigenvalue weighted by Gasteiger charge is 2.13. The minimum Gasteiger partial charge on any atom is -0.491 e. The molecule has 0 aliphatic heterocycles. The van der Waals surface area contributed by atoms with Gasteiger partial charge in [-0.05, 0) is 101 Å². The molecule has 0 saturated carbocycles. The van der Waals surface area contributed by atoms with Gasteiger partial charge < -0.3 is 25.3 Å². The van der Waals surface area contributed by atoms with Crippen molar-refractivity contribution in [3.63, 3.8) is 0 Å². The molecule has 0 unspecified atom stereocenters. The lowest BCUT2D eigenvalue weighted by molar-refractivity contribution is -0.120. The second-order valence-corrected chi connectivity index (χ2v) is 13.0. The molecule has 6 aromatic rings. The maximum absolute atomic E-state index is 12.3. The zero-order valence-corrected chi connectivity index (χ0v) is 32.5. The van der Waals surface area contributed by atoms with Gasteiger partial charge in [-0.25, -0.2) is 9.97 Å². The molecule has 13 nitrogen and oxygen atoms in total. The molecule has 0 spiro atoms. The molecule has 0 radical (unpaired) electrons. The van der Waals surface area contributed by atoms with E-state index in [0.717, 1.165) is 22.4 Å². The van der Waals surface area contributed by atoms with Crippen LogP contribution in [0.15, 0.2) is 98.1 Å². The molecule has 2 aromatic carbocycles. The molecule has 4 aromatic heterocycles. The van der Waals surface area contributed by atoms with Gasteiger partial charge in [-0.15, -0.1) is 0 Å². The van der Waals surface area contributed by atoms with Gasteiger partial charge >= 0.3 is 0 Å². The van der Waals surface area contributed by atoms with Crippen LogP contribution >= 0.6 is 23.2 Å². The van der Waals surface area contributed by atoms with E-state index in [2.05, 4.69) is 40.0 Å². The number of nitrogens with zero attached hydrogens (tertiary/aromatic N) is 6. The number of hydrogen-bond acceptors (Lipinski definition) is 12. The molecule has 6 rings (SSSR count). The number of ether oxygens (including phenoxy) is 3. The van der Waals surface area contributed by atoms with Gasteiger partial charge in [0.2, 0.25) is 0 Å². The summed E-state index contributed by atoms with van der Waals surface area (Å²) < 4.78 is 15.9. The highest BCUT2D eigenvalue weighted by molar-refractivity contribution is 6.33. The highest BCUT2D eigenvalue weighted by atomic mass is 35.5. The second kappa shape index (κ2) is 20.3. The van der Waals surface area contributed by atoms with Crippen molar-refractivity contribution in [1.29, 1.82) is 0 Å². The summed E-state index contributed by atoms with van der Waals surface area (Å²) in [7, 11) is 0. The number of nitrogens with one attached hydrogen (secondary N) is 1. The van der Waals surface area contributed by atoms with Gasteiger partial charge in [-0.2, -0.15) is 0 Å². The Labute approximate surface area is 329 Å². The van der Waals surface area contributed by atoms with Gasteiger partial charge in [-0.1, -0.05) is 23.2 Å². The Balaban J connectivity index is 0.000000205. The fourth-order valence-corrected chi connectivity index (χ4v) is 5.04. The molecule has 0 atom stereocenters. The van der Waals surface area contributed by atoms with Crippen LogP contribution in [0.3, 0.4) is 0 Å². The van der Waals surface area contributed by atoms with E-state index in [9.17, 15) is 9.59 Å². The van der Waals surface area contributed by atoms with Crippen LogP contribution in [0, 0.1) is 13.8 Å². The highest BCUT2D eigenvalue weighted by Crippen LogP contribution is 2.32. The first-order valence-electron chi connectivity index (χ1n) is 16.9. The van der Waals surface area contributed by atoms with E-state index in [0.29, 0.717) is 62.2 Å². The number of rotatable bonds is 10. The predicted molar refractivity (Wildman–Crippen MR) is 213 cm³/mol. The summed E-state index contributed by atoms with van der Waals surface area (Å²) in [5, 5.41) is 3.87. The van der Waals surface area contributed by atoms with Crippen molar-refractivity contribution in [3.8, 4) is 39.8 Å². The minimum atomic E-state index is -0.284. The van der Waals surface area contributed by atoms with Crippen LogP contribution in [0.2, 0.25) is 10.0 Å². The first-order chi connectivity index (χ1) is 26.3. The predicted octanol–water partition coefficient (Wildman–Crippen LogP) is 8.63. The average molecular weight is 784 g/mol. The Morgan fingerprint density at radius 3 is 1.73 bits per heavy atom. The van der Waals surface area contributed by atoms with Crippen LogP contribution in [-0.4, -0.2) is 54.5 Å². The zero-order chi connectivity index (χ0) is 39.9. The lowest BCUT2D eigenvalue weighted by Crippen LogP contribution is -2.14. The number of carbonyl (C=O) groups excluding carboxylic acids is 2. The minimum absolute atomic E-state index is 0.0543. The SMILES string of the molecule is CC(C)Oc1ccc(Cl)c(-c2cnc(N)cn2)c1.Cc1ccncc1C(=O)Nc1cnc(-c2cc(OC(C)C)ccc2Cl)cn1.Cc1ccncc1OC=O. The molecular weight excluding hydrogens is 743 g/mol. The molecule has 284 valence electrons. The topological polar surface area (TPSA) is 177 Å². The van der Waals surface area contributed by atoms with Gasteiger partial charge in [0.25, 0.3) is 12.4 Å². The van der Waals surface area contributed by atoms with Crippen molar-refractivity contribution in [2.45, 2.75) is 53.8 Å². The molecule has 0 bridgehead atoms. The van der Waals surface area contributed by atoms with E-state index >= 15 is 0 Å².